The number of benzene rings is 2. The number of nitrogens with two attached hydrogens (primary N) is 1. The molecule has 1 unspecified atom stereocenters. The van der Waals surface area contributed by atoms with Crippen LogP contribution in [0, 0.1) is 0 Å². The molecule has 0 saturated carbocycles. The third kappa shape index (κ3) is 3.84. The van der Waals surface area contributed by atoms with Gasteiger partial charge in [0, 0.05) is 11.3 Å². The van der Waals surface area contributed by atoms with E-state index in [2.05, 4.69) is 5.32 Å². The third-order valence-electron chi connectivity index (χ3n) is 3.43. The van der Waals surface area contributed by atoms with Crippen molar-refractivity contribution < 1.29 is 36.2 Å². The van der Waals surface area contributed by atoms with Crippen LogP contribution in [-0.4, -0.2) is 23.1 Å². The maximum atomic E-state index is 13.7. The maximum Gasteiger partial charge on any atom is 0.456 e. The van der Waals surface area contributed by atoms with E-state index < -0.39 is 41.2 Å². The summed E-state index contributed by atoms with van der Waals surface area (Å²) in [6.07, 6.45) is -9.81. The summed E-state index contributed by atoms with van der Waals surface area (Å²) in [6, 6.07) is 7.21. The van der Waals surface area contributed by atoms with Gasteiger partial charge < -0.3 is 16.2 Å². The Balaban J connectivity index is 2.30. The molecule has 2 aromatic carbocycles. The van der Waals surface area contributed by atoms with Crippen molar-refractivity contribution in [3.05, 3.63) is 53.6 Å². The molecular weight excluding hydrogens is 366 g/mol. The molecule has 10 heteroatoms. The van der Waals surface area contributed by atoms with Crippen LogP contribution in [0.1, 0.15) is 22.1 Å². The molecule has 1 amide bonds. The minimum Gasteiger partial charge on any atom is -0.506 e. The molecule has 4 nitrogen and oxygen atoms in total. The summed E-state index contributed by atoms with van der Waals surface area (Å²) in [7, 11) is 0. The largest absolute Gasteiger partial charge is 0.506 e. The fourth-order valence-corrected chi connectivity index (χ4v) is 1.99. The minimum atomic E-state index is -6.10. The van der Waals surface area contributed by atoms with Crippen molar-refractivity contribution in [1.82, 2.24) is 0 Å². The second-order valence-electron chi connectivity index (χ2n) is 5.34. The number of alkyl halides is 6. The standard InChI is InChI=1S/C16H12F6N2O2/c17-13(15(18,19)16(20,21)22)9-3-6-12(25)11(7-9)24-14(26)8-1-4-10(23)5-2-8/h1-7,13,25H,23H2,(H,24,26). The lowest BCUT2D eigenvalue weighted by atomic mass is 10.0. The quantitative estimate of drug-likeness (QED) is 0.418. The van der Waals surface area contributed by atoms with E-state index in [4.69, 9.17) is 5.73 Å². The van der Waals surface area contributed by atoms with Crippen LogP contribution in [0.25, 0.3) is 0 Å². The Morgan fingerprint density at radius 2 is 1.62 bits per heavy atom. The van der Waals surface area contributed by atoms with E-state index in [1.807, 2.05) is 0 Å². The molecule has 4 N–H and O–H groups in total. The second-order valence-corrected chi connectivity index (χ2v) is 5.34. The van der Waals surface area contributed by atoms with Crippen LogP contribution < -0.4 is 11.1 Å². The summed E-state index contributed by atoms with van der Waals surface area (Å²) < 4.78 is 76.9. The number of phenolic OH excluding ortho intramolecular Hbond substituents is 1. The number of carbonyl (C=O) groups excluding carboxylic acids is 1. The third-order valence-corrected chi connectivity index (χ3v) is 3.43. The van der Waals surface area contributed by atoms with E-state index in [1.165, 1.54) is 24.3 Å². The van der Waals surface area contributed by atoms with Gasteiger partial charge in [0.1, 0.15) is 5.75 Å². The summed E-state index contributed by atoms with van der Waals surface area (Å²) in [5.74, 6) is -7.09. The number of rotatable bonds is 4. The highest BCUT2D eigenvalue weighted by Gasteiger charge is 2.63. The van der Waals surface area contributed by atoms with Gasteiger partial charge in [-0.2, -0.15) is 22.0 Å². The lowest BCUT2D eigenvalue weighted by Gasteiger charge is -2.23. The molecule has 0 aliphatic rings. The monoisotopic (exact) mass is 378 g/mol. The van der Waals surface area contributed by atoms with Gasteiger partial charge >= 0.3 is 12.1 Å². The van der Waals surface area contributed by atoms with Crippen LogP contribution in [0.15, 0.2) is 42.5 Å². The molecule has 0 bridgehead atoms. The highest BCUT2D eigenvalue weighted by atomic mass is 19.4. The number of hydrogen-bond acceptors (Lipinski definition) is 3. The molecular formula is C16H12F6N2O2. The molecule has 2 aromatic rings. The number of amides is 1. The van der Waals surface area contributed by atoms with E-state index in [0.717, 1.165) is 0 Å². The van der Waals surface area contributed by atoms with Crippen molar-refractivity contribution in [2.45, 2.75) is 18.3 Å². The van der Waals surface area contributed by atoms with Gasteiger partial charge in [-0.25, -0.2) is 4.39 Å². The molecule has 0 aliphatic heterocycles. The zero-order valence-electron chi connectivity index (χ0n) is 12.8. The molecule has 0 aliphatic carbocycles. The number of hydrogen-bond donors (Lipinski definition) is 3. The molecule has 1 atom stereocenters. The first-order valence-corrected chi connectivity index (χ1v) is 7.02. The Morgan fingerprint density at radius 1 is 1.04 bits per heavy atom. The Kier molecular flexibility index (Phi) is 5.06. The van der Waals surface area contributed by atoms with Crippen LogP contribution in [0.2, 0.25) is 0 Å². The molecule has 0 aromatic heterocycles. The van der Waals surface area contributed by atoms with Crippen molar-refractivity contribution in [1.29, 1.82) is 0 Å². The fraction of sp³-hybridized carbons (Fsp3) is 0.188. The number of carbonyl (C=O) groups is 1. The highest BCUT2D eigenvalue weighted by molar-refractivity contribution is 6.05. The minimum absolute atomic E-state index is 0.0708. The molecule has 2 rings (SSSR count). The van der Waals surface area contributed by atoms with Crippen molar-refractivity contribution in [2.75, 3.05) is 11.1 Å². The lowest BCUT2D eigenvalue weighted by Crippen LogP contribution is -2.40. The SMILES string of the molecule is Nc1ccc(C(=O)Nc2cc(C(F)C(F)(F)C(F)(F)F)ccc2O)cc1. The summed E-state index contributed by atoms with van der Waals surface area (Å²) in [4.78, 5) is 12.0. The number of aromatic hydroxyl groups is 1. The molecule has 0 radical (unpaired) electrons. The molecule has 0 saturated heterocycles. The zero-order valence-corrected chi connectivity index (χ0v) is 12.8. The van der Waals surface area contributed by atoms with E-state index in [9.17, 15) is 36.2 Å². The Morgan fingerprint density at radius 3 is 2.15 bits per heavy atom. The van der Waals surface area contributed by atoms with Crippen molar-refractivity contribution in [2.24, 2.45) is 0 Å². The first-order chi connectivity index (χ1) is 11.9. The molecule has 0 heterocycles. The normalized spacial score (nSPS) is 13.3. The van der Waals surface area contributed by atoms with Gasteiger partial charge in [-0.1, -0.05) is 6.07 Å². The van der Waals surface area contributed by atoms with Crippen LogP contribution in [0.5, 0.6) is 5.75 Å². The van der Waals surface area contributed by atoms with Gasteiger partial charge in [-0.15, -0.1) is 0 Å². The van der Waals surface area contributed by atoms with Gasteiger partial charge in [0.2, 0.25) is 0 Å². The Hall–Kier alpha value is -2.91. The predicted molar refractivity (Wildman–Crippen MR) is 81.8 cm³/mol. The van der Waals surface area contributed by atoms with E-state index in [1.54, 1.807) is 0 Å². The van der Waals surface area contributed by atoms with Crippen LogP contribution in [0.3, 0.4) is 0 Å². The van der Waals surface area contributed by atoms with Crippen molar-refractivity contribution in [3.8, 4) is 5.75 Å². The molecule has 0 spiro atoms. The van der Waals surface area contributed by atoms with E-state index in [-0.39, 0.29) is 5.56 Å². The van der Waals surface area contributed by atoms with Gasteiger partial charge in [-0.05, 0) is 42.0 Å². The van der Waals surface area contributed by atoms with Crippen molar-refractivity contribution >= 4 is 17.3 Å². The lowest BCUT2D eigenvalue weighted by molar-refractivity contribution is -0.305. The highest BCUT2D eigenvalue weighted by Crippen LogP contribution is 2.47. The number of nitrogen functional groups attached to an aromatic ring is 1. The second kappa shape index (κ2) is 6.77. The summed E-state index contributed by atoms with van der Waals surface area (Å²) >= 11 is 0. The van der Waals surface area contributed by atoms with Gasteiger partial charge in [0.25, 0.3) is 5.91 Å². The average Bonchev–Trinajstić information content (AvgIpc) is 2.55. The van der Waals surface area contributed by atoms with Crippen LogP contribution in [0.4, 0.5) is 37.7 Å². The number of halogens is 6. The Bertz CT molecular complexity index is 805. The smallest absolute Gasteiger partial charge is 0.456 e. The maximum absolute atomic E-state index is 13.7. The van der Waals surface area contributed by atoms with Crippen molar-refractivity contribution in [3.63, 3.8) is 0 Å². The first kappa shape index (κ1) is 19.4. The van der Waals surface area contributed by atoms with Crippen LogP contribution >= 0.6 is 0 Å². The average molecular weight is 378 g/mol. The number of phenols is 1. The number of anilines is 2. The summed E-state index contributed by atoms with van der Waals surface area (Å²) in [5, 5.41) is 11.8. The molecule has 0 fully saturated rings. The van der Waals surface area contributed by atoms with Gasteiger partial charge in [0.15, 0.2) is 6.17 Å². The van der Waals surface area contributed by atoms with Gasteiger partial charge in [-0.3, -0.25) is 4.79 Å². The summed E-state index contributed by atoms with van der Waals surface area (Å²) in [6.45, 7) is 0. The Labute approximate surface area is 143 Å². The predicted octanol–water partition coefficient (Wildman–Crippen LogP) is 4.43. The topological polar surface area (TPSA) is 75.4 Å². The fourth-order valence-electron chi connectivity index (χ4n) is 1.99. The van der Waals surface area contributed by atoms with E-state index >= 15 is 0 Å². The van der Waals surface area contributed by atoms with Gasteiger partial charge in [0.05, 0.1) is 5.69 Å². The van der Waals surface area contributed by atoms with E-state index in [0.29, 0.717) is 23.9 Å². The molecule has 26 heavy (non-hydrogen) atoms. The zero-order chi connectivity index (χ0) is 19.7. The van der Waals surface area contributed by atoms with Crippen LogP contribution in [-0.2, 0) is 0 Å². The first-order valence-electron chi connectivity index (χ1n) is 7.02. The molecule has 140 valence electrons. The number of nitrogens with one attached hydrogen (secondary N) is 1. The summed E-state index contributed by atoms with van der Waals surface area (Å²) in [5.41, 5.74) is 4.31.